The molecule has 4 rings (SSSR count). The van der Waals surface area contributed by atoms with Crippen LogP contribution in [0.15, 0.2) is 5.16 Å². The van der Waals surface area contributed by atoms with Crippen LogP contribution in [-0.2, 0) is 17.8 Å². The first kappa shape index (κ1) is 16.6. The standard InChI is InChI=1S/C18H25N3OS2/c1-11(2)23-17-19-15(21-7-5-6-8-21)14-12-9-18(3,4)22-10-13(12)24-16(14)20-17/h11H,5-10H2,1-4H3. The molecule has 0 aliphatic carbocycles. The number of thioether (sulfide) groups is 1. The van der Waals surface area contributed by atoms with Gasteiger partial charge in [-0.25, -0.2) is 9.97 Å². The summed E-state index contributed by atoms with van der Waals surface area (Å²) in [6, 6.07) is 0. The molecule has 1 saturated heterocycles. The van der Waals surface area contributed by atoms with Crippen LogP contribution >= 0.6 is 23.1 Å². The second-order valence-corrected chi connectivity index (χ2v) is 10.2. The largest absolute Gasteiger partial charge is 0.370 e. The Kier molecular flexibility index (Phi) is 4.25. The number of hydrogen-bond donors (Lipinski definition) is 0. The summed E-state index contributed by atoms with van der Waals surface area (Å²) < 4.78 is 6.02. The maximum Gasteiger partial charge on any atom is 0.191 e. The van der Waals surface area contributed by atoms with Crippen LogP contribution in [0.4, 0.5) is 5.82 Å². The quantitative estimate of drug-likeness (QED) is 0.586. The minimum atomic E-state index is -0.103. The van der Waals surface area contributed by atoms with Crippen molar-refractivity contribution in [2.24, 2.45) is 0 Å². The maximum atomic E-state index is 6.02. The van der Waals surface area contributed by atoms with Crippen molar-refractivity contribution in [1.82, 2.24) is 9.97 Å². The van der Waals surface area contributed by atoms with Gasteiger partial charge in [-0.05, 0) is 32.3 Å². The number of hydrogen-bond acceptors (Lipinski definition) is 6. The first-order valence-electron chi connectivity index (χ1n) is 8.81. The molecule has 0 unspecified atom stereocenters. The van der Waals surface area contributed by atoms with E-state index in [1.807, 2.05) is 0 Å². The van der Waals surface area contributed by atoms with Gasteiger partial charge in [-0.1, -0.05) is 25.6 Å². The van der Waals surface area contributed by atoms with Gasteiger partial charge in [0, 0.05) is 29.6 Å². The van der Waals surface area contributed by atoms with Gasteiger partial charge in [0.15, 0.2) is 5.16 Å². The molecule has 0 spiro atoms. The van der Waals surface area contributed by atoms with E-state index in [9.17, 15) is 0 Å². The lowest BCUT2D eigenvalue weighted by molar-refractivity contribution is -0.0379. The minimum Gasteiger partial charge on any atom is -0.370 e. The van der Waals surface area contributed by atoms with E-state index < -0.39 is 0 Å². The topological polar surface area (TPSA) is 38.2 Å². The van der Waals surface area contributed by atoms with Gasteiger partial charge >= 0.3 is 0 Å². The van der Waals surface area contributed by atoms with Crippen molar-refractivity contribution in [2.45, 2.75) is 69.6 Å². The fraction of sp³-hybridized carbons (Fsp3) is 0.667. The van der Waals surface area contributed by atoms with Crippen LogP contribution in [0.1, 0.15) is 51.0 Å². The number of rotatable bonds is 3. The van der Waals surface area contributed by atoms with Gasteiger partial charge in [0.25, 0.3) is 0 Å². The third kappa shape index (κ3) is 3.04. The molecule has 0 aromatic carbocycles. The maximum absolute atomic E-state index is 6.02. The lowest BCUT2D eigenvalue weighted by atomic mass is 9.94. The molecule has 4 heterocycles. The number of nitrogens with zero attached hydrogens (tertiary/aromatic N) is 3. The molecule has 24 heavy (non-hydrogen) atoms. The molecule has 0 N–H and O–H groups in total. The van der Waals surface area contributed by atoms with Crippen molar-refractivity contribution < 1.29 is 4.74 Å². The molecule has 0 atom stereocenters. The highest BCUT2D eigenvalue weighted by molar-refractivity contribution is 7.99. The Bertz CT molecular complexity index is 763. The smallest absolute Gasteiger partial charge is 0.191 e. The third-order valence-corrected chi connectivity index (χ3v) is 6.60. The Balaban J connectivity index is 1.89. The second-order valence-electron chi connectivity index (χ2n) is 7.60. The Morgan fingerprint density at radius 2 is 1.96 bits per heavy atom. The summed E-state index contributed by atoms with van der Waals surface area (Å²) in [4.78, 5) is 14.8. The summed E-state index contributed by atoms with van der Waals surface area (Å²) in [5.74, 6) is 1.16. The van der Waals surface area contributed by atoms with E-state index in [0.717, 1.165) is 35.3 Å². The molecule has 0 saturated carbocycles. The predicted molar refractivity (Wildman–Crippen MR) is 102 cm³/mol. The van der Waals surface area contributed by atoms with E-state index in [1.54, 1.807) is 23.1 Å². The van der Waals surface area contributed by atoms with Crippen molar-refractivity contribution >= 4 is 39.1 Å². The van der Waals surface area contributed by atoms with E-state index in [2.05, 4.69) is 32.6 Å². The Hall–Kier alpha value is -0.850. The zero-order valence-corrected chi connectivity index (χ0v) is 16.5. The van der Waals surface area contributed by atoms with Crippen LogP contribution in [0.25, 0.3) is 10.2 Å². The SMILES string of the molecule is CC(C)Sc1nc(N2CCCC2)c2c3c(sc2n1)COC(C)(C)C3. The van der Waals surface area contributed by atoms with E-state index in [1.165, 1.54) is 28.7 Å². The fourth-order valence-corrected chi connectivity index (χ4v) is 5.39. The van der Waals surface area contributed by atoms with E-state index in [4.69, 9.17) is 14.7 Å². The molecular weight excluding hydrogens is 338 g/mol. The lowest BCUT2D eigenvalue weighted by Gasteiger charge is -2.30. The summed E-state index contributed by atoms with van der Waals surface area (Å²) >= 11 is 3.56. The molecule has 0 bridgehead atoms. The van der Waals surface area contributed by atoms with Crippen LogP contribution in [0.3, 0.4) is 0 Å². The van der Waals surface area contributed by atoms with E-state index in [-0.39, 0.29) is 5.60 Å². The Labute approximate surface area is 152 Å². The highest BCUT2D eigenvalue weighted by Gasteiger charge is 2.32. The van der Waals surface area contributed by atoms with Crippen LogP contribution in [-0.4, -0.2) is 33.9 Å². The monoisotopic (exact) mass is 363 g/mol. The number of aromatic nitrogens is 2. The average molecular weight is 364 g/mol. The zero-order valence-electron chi connectivity index (χ0n) is 14.9. The molecule has 130 valence electrons. The summed E-state index contributed by atoms with van der Waals surface area (Å²) in [7, 11) is 0. The molecule has 4 nitrogen and oxygen atoms in total. The molecular formula is C18H25N3OS2. The third-order valence-electron chi connectivity index (χ3n) is 4.64. The lowest BCUT2D eigenvalue weighted by Crippen LogP contribution is -2.31. The highest BCUT2D eigenvalue weighted by Crippen LogP contribution is 2.43. The molecule has 2 aromatic heterocycles. The van der Waals surface area contributed by atoms with Crippen molar-refractivity contribution in [1.29, 1.82) is 0 Å². The molecule has 1 fully saturated rings. The van der Waals surface area contributed by atoms with Gasteiger partial charge in [0.05, 0.1) is 17.6 Å². The van der Waals surface area contributed by atoms with Gasteiger partial charge in [-0.15, -0.1) is 11.3 Å². The molecule has 2 aliphatic rings. The summed E-state index contributed by atoms with van der Waals surface area (Å²) in [6.45, 7) is 11.7. The zero-order chi connectivity index (χ0) is 16.9. The van der Waals surface area contributed by atoms with Crippen LogP contribution < -0.4 is 4.90 Å². The van der Waals surface area contributed by atoms with Crippen molar-refractivity contribution in [3.8, 4) is 0 Å². The second kappa shape index (κ2) is 6.15. The van der Waals surface area contributed by atoms with Gasteiger partial charge in [-0.3, -0.25) is 0 Å². The van der Waals surface area contributed by atoms with Crippen LogP contribution in [0, 0.1) is 0 Å². The molecule has 0 radical (unpaired) electrons. The van der Waals surface area contributed by atoms with Gasteiger partial charge < -0.3 is 9.64 Å². The number of ether oxygens (including phenoxy) is 1. The van der Waals surface area contributed by atoms with Crippen LogP contribution in [0.5, 0.6) is 0 Å². The summed E-state index contributed by atoms with van der Waals surface area (Å²) in [5, 5.41) is 2.70. The van der Waals surface area contributed by atoms with Gasteiger partial charge in [0.1, 0.15) is 10.6 Å². The predicted octanol–water partition coefficient (Wildman–Crippen LogP) is 4.64. The van der Waals surface area contributed by atoms with E-state index >= 15 is 0 Å². The Morgan fingerprint density at radius 3 is 2.67 bits per heavy atom. The van der Waals surface area contributed by atoms with Crippen molar-refractivity contribution in [3.63, 3.8) is 0 Å². The van der Waals surface area contributed by atoms with Gasteiger partial charge in [-0.2, -0.15) is 0 Å². The number of thiophene rings is 1. The Morgan fingerprint density at radius 1 is 1.21 bits per heavy atom. The summed E-state index contributed by atoms with van der Waals surface area (Å²) in [5.41, 5.74) is 1.32. The molecule has 6 heteroatoms. The first-order valence-corrected chi connectivity index (χ1v) is 10.5. The van der Waals surface area contributed by atoms with Crippen molar-refractivity contribution in [3.05, 3.63) is 10.4 Å². The van der Waals surface area contributed by atoms with Crippen LogP contribution in [0.2, 0.25) is 0 Å². The minimum absolute atomic E-state index is 0.103. The van der Waals surface area contributed by atoms with E-state index in [0.29, 0.717) is 11.9 Å². The van der Waals surface area contributed by atoms with Gasteiger partial charge in [0.2, 0.25) is 0 Å². The highest BCUT2D eigenvalue weighted by atomic mass is 32.2. The first-order chi connectivity index (χ1) is 11.4. The molecule has 2 aromatic rings. The summed E-state index contributed by atoms with van der Waals surface area (Å²) in [6.07, 6.45) is 3.47. The number of fused-ring (bicyclic) bond motifs is 3. The normalized spacial score (nSPS) is 20.1. The average Bonchev–Trinajstić information content (AvgIpc) is 3.12. The number of anilines is 1. The van der Waals surface area contributed by atoms with Crippen molar-refractivity contribution in [2.75, 3.05) is 18.0 Å². The molecule has 0 amide bonds. The fourth-order valence-electron chi connectivity index (χ4n) is 3.53. The molecule has 2 aliphatic heterocycles.